The van der Waals surface area contributed by atoms with Gasteiger partial charge in [0.2, 0.25) is 5.82 Å². The molecule has 1 heterocycles. The molecule has 1 aromatic carbocycles. The molecule has 23 heavy (non-hydrogen) atoms. The van der Waals surface area contributed by atoms with E-state index in [1.54, 1.807) is 12.1 Å². The molecule has 0 fully saturated rings. The third-order valence-corrected chi connectivity index (χ3v) is 3.28. The molecule has 0 unspecified atom stereocenters. The molecule has 0 saturated carbocycles. The number of nitrogens with one attached hydrogen (secondary N) is 1. The van der Waals surface area contributed by atoms with Crippen LogP contribution in [-0.2, 0) is 0 Å². The van der Waals surface area contributed by atoms with Gasteiger partial charge in [-0.1, -0.05) is 32.9 Å². The smallest absolute Gasteiger partial charge is 0.373 e. The summed E-state index contributed by atoms with van der Waals surface area (Å²) in [5.41, 5.74) is 0.911. The van der Waals surface area contributed by atoms with Gasteiger partial charge in [0.25, 0.3) is 0 Å². The molecule has 0 radical (unpaired) electrons. The topological polar surface area (TPSA) is 90.2 Å². The van der Waals surface area contributed by atoms with Gasteiger partial charge in [-0.05, 0) is 30.0 Å². The largest absolute Gasteiger partial charge is 0.434 e. The van der Waals surface area contributed by atoms with Crippen LogP contribution >= 0.6 is 0 Å². The molecule has 0 aliphatic carbocycles. The standard InChI is InChI=1S/C16H20N4O3/c1-4-9-17-15-14(20(21)22)16(19-10-18-15)23-13-7-5-12(6-8-13)11(2)3/h5-8,10-11H,4,9H2,1-3H3,(H,17,18,19). The predicted octanol–water partition coefficient (Wildman–Crippen LogP) is 4.12. The van der Waals surface area contributed by atoms with Gasteiger partial charge in [0.05, 0.1) is 4.92 Å². The molecule has 2 rings (SSSR count). The van der Waals surface area contributed by atoms with Crippen LogP contribution in [-0.4, -0.2) is 21.4 Å². The molecule has 7 heteroatoms. The first-order valence-electron chi connectivity index (χ1n) is 7.54. The van der Waals surface area contributed by atoms with Crippen molar-refractivity contribution in [1.29, 1.82) is 0 Å². The lowest BCUT2D eigenvalue weighted by Gasteiger charge is -2.10. The molecule has 0 aliphatic heterocycles. The Hall–Kier alpha value is -2.70. The first kappa shape index (κ1) is 16.7. The Morgan fingerprint density at radius 1 is 1.26 bits per heavy atom. The Kier molecular flexibility index (Phi) is 5.46. The second-order valence-corrected chi connectivity index (χ2v) is 5.39. The Balaban J connectivity index is 2.29. The summed E-state index contributed by atoms with van der Waals surface area (Å²) in [7, 11) is 0. The lowest BCUT2D eigenvalue weighted by molar-refractivity contribution is -0.385. The lowest BCUT2D eigenvalue weighted by Crippen LogP contribution is -2.07. The maximum Gasteiger partial charge on any atom is 0.373 e. The summed E-state index contributed by atoms with van der Waals surface area (Å²) >= 11 is 0. The highest BCUT2D eigenvalue weighted by Crippen LogP contribution is 2.34. The van der Waals surface area contributed by atoms with Gasteiger partial charge < -0.3 is 10.1 Å². The molecule has 0 spiro atoms. The van der Waals surface area contributed by atoms with Crippen LogP contribution in [0.25, 0.3) is 0 Å². The van der Waals surface area contributed by atoms with Crippen molar-refractivity contribution >= 4 is 11.5 Å². The van der Waals surface area contributed by atoms with Gasteiger partial charge in [-0.2, -0.15) is 4.98 Å². The van der Waals surface area contributed by atoms with Crippen LogP contribution in [0, 0.1) is 10.1 Å². The van der Waals surface area contributed by atoms with Crippen LogP contribution in [0.2, 0.25) is 0 Å². The monoisotopic (exact) mass is 316 g/mol. The normalized spacial score (nSPS) is 10.6. The molecule has 7 nitrogen and oxygen atoms in total. The Bertz CT molecular complexity index is 672. The molecule has 0 saturated heterocycles. The van der Waals surface area contributed by atoms with E-state index in [9.17, 15) is 10.1 Å². The number of rotatable bonds is 7. The molecule has 122 valence electrons. The fourth-order valence-corrected chi connectivity index (χ4v) is 2.01. The SMILES string of the molecule is CCCNc1ncnc(Oc2ccc(C(C)C)cc2)c1[N+](=O)[O-]. The molecule has 0 atom stereocenters. The summed E-state index contributed by atoms with van der Waals surface area (Å²) in [6.45, 7) is 6.74. The van der Waals surface area contributed by atoms with Crippen molar-refractivity contribution in [2.24, 2.45) is 0 Å². The van der Waals surface area contributed by atoms with E-state index in [1.165, 1.54) is 11.9 Å². The van der Waals surface area contributed by atoms with Crippen LogP contribution in [0.5, 0.6) is 11.6 Å². The van der Waals surface area contributed by atoms with Gasteiger partial charge in [-0.25, -0.2) is 4.98 Å². The average molecular weight is 316 g/mol. The van der Waals surface area contributed by atoms with E-state index in [1.807, 2.05) is 19.1 Å². The molecule has 1 aromatic heterocycles. The second-order valence-electron chi connectivity index (χ2n) is 5.39. The number of benzene rings is 1. The molecular weight excluding hydrogens is 296 g/mol. The number of nitro groups is 1. The van der Waals surface area contributed by atoms with Crippen molar-refractivity contribution in [2.45, 2.75) is 33.1 Å². The summed E-state index contributed by atoms with van der Waals surface area (Å²) in [4.78, 5) is 18.7. The Labute approximate surface area is 134 Å². The summed E-state index contributed by atoms with van der Waals surface area (Å²) in [5.74, 6) is 1.00. The fraction of sp³-hybridized carbons (Fsp3) is 0.375. The second kappa shape index (κ2) is 7.53. The first-order valence-corrected chi connectivity index (χ1v) is 7.54. The van der Waals surface area contributed by atoms with Gasteiger partial charge >= 0.3 is 11.6 Å². The molecule has 0 aliphatic rings. The van der Waals surface area contributed by atoms with E-state index in [4.69, 9.17) is 4.74 Å². The molecule has 0 bridgehead atoms. The van der Waals surface area contributed by atoms with E-state index in [2.05, 4.69) is 29.1 Å². The van der Waals surface area contributed by atoms with E-state index in [0.717, 1.165) is 6.42 Å². The van der Waals surface area contributed by atoms with E-state index in [0.29, 0.717) is 18.2 Å². The summed E-state index contributed by atoms with van der Waals surface area (Å²) < 4.78 is 5.59. The number of nitrogens with zero attached hydrogens (tertiary/aromatic N) is 3. The van der Waals surface area contributed by atoms with Crippen molar-refractivity contribution in [1.82, 2.24) is 9.97 Å². The van der Waals surface area contributed by atoms with Crippen molar-refractivity contribution in [3.05, 3.63) is 46.3 Å². The average Bonchev–Trinajstić information content (AvgIpc) is 2.53. The van der Waals surface area contributed by atoms with Gasteiger partial charge in [0.15, 0.2) is 0 Å². The van der Waals surface area contributed by atoms with Crippen LogP contribution in [0.4, 0.5) is 11.5 Å². The summed E-state index contributed by atoms with van der Waals surface area (Å²) in [6.07, 6.45) is 2.08. The number of hydrogen-bond donors (Lipinski definition) is 1. The van der Waals surface area contributed by atoms with Crippen molar-refractivity contribution in [3.8, 4) is 11.6 Å². The van der Waals surface area contributed by atoms with E-state index >= 15 is 0 Å². The Morgan fingerprint density at radius 2 is 1.96 bits per heavy atom. The van der Waals surface area contributed by atoms with Gasteiger partial charge in [0, 0.05) is 6.54 Å². The van der Waals surface area contributed by atoms with Crippen LogP contribution in [0.3, 0.4) is 0 Å². The van der Waals surface area contributed by atoms with E-state index < -0.39 is 4.92 Å². The van der Waals surface area contributed by atoms with Gasteiger partial charge in [0.1, 0.15) is 12.1 Å². The fourth-order valence-electron chi connectivity index (χ4n) is 2.01. The highest BCUT2D eigenvalue weighted by Gasteiger charge is 2.24. The number of hydrogen-bond acceptors (Lipinski definition) is 6. The zero-order chi connectivity index (χ0) is 16.8. The quantitative estimate of drug-likeness (QED) is 0.610. The molecule has 1 N–H and O–H groups in total. The first-order chi connectivity index (χ1) is 11.0. The lowest BCUT2D eigenvalue weighted by atomic mass is 10.0. The van der Waals surface area contributed by atoms with Crippen LogP contribution < -0.4 is 10.1 Å². The minimum Gasteiger partial charge on any atom is -0.434 e. The predicted molar refractivity (Wildman–Crippen MR) is 88.1 cm³/mol. The maximum atomic E-state index is 11.3. The Morgan fingerprint density at radius 3 is 2.52 bits per heavy atom. The van der Waals surface area contributed by atoms with Crippen molar-refractivity contribution in [3.63, 3.8) is 0 Å². The minimum absolute atomic E-state index is 0.0686. The number of anilines is 1. The molecule has 2 aromatic rings. The van der Waals surface area contributed by atoms with Gasteiger partial charge in [-0.3, -0.25) is 10.1 Å². The summed E-state index contributed by atoms with van der Waals surface area (Å²) in [6, 6.07) is 7.42. The zero-order valence-electron chi connectivity index (χ0n) is 13.4. The number of ether oxygens (including phenoxy) is 1. The highest BCUT2D eigenvalue weighted by molar-refractivity contribution is 5.61. The number of aromatic nitrogens is 2. The zero-order valence-corrected chi connectivity index (χ0v) is 13.4. The maximum absolute atomic E-state index is 11.3. The molecular formula is C16H20N4O3. The highest BCUT2D eigenvalue weighted by atomic mass is 16.6. The van der Waals surface area contributed by atoms with Crippen LogP contribution in [0.15, 0.2) is 30.6 Å². The molecule has 0 amide bonds. The third kappa shape index (κ3) is 4.15. The van der Waals surface area contributed by atoms with Crippen LogP contribution in [0.1, 0.15) is 38.7 Å². The van der Waals surface area contributed by atoms with Crippen molar-refractivity contribution in [2.75, 3.05) is 11.9 Å². The van der Waals surface area contributed by atoms with Gasteiger partial charge in [-0.15, -0.1) is 0 Å². The van der Waals surface area contributed by atoms with E-state index in [-0.39, 0.29) is 17.4 Å². The minimum atomic E-state index is -0.532. The third-order valence-electron chi connectivity index (χ3n) is 3.28. The summed E-state index contributed by atoms with van der Waals surface area (Å²) in [5, 5.41) is 14.3. The van der Waals surface area contributed by atoms with Crippen molar-refractivity contribution < 1.29 is 9.66 Å².